The molecule has 1 unspecified atom stereocenters. The number of ether oxygens (including phenoxy) is 2. The predicted octanol–water partition coefficient (Wildman–Crippen LogP) is 2.81. The zero-order valence-corrected chi connectivity index (χ0v) is 13.0. The number of aromatic hydroxyl groups is 1. The molecule has 2 aromatic carbocycles. The number of phenolic OH excluding ortho intramolecular Hbond substituents is 1. The van der Waals surface area contributed by atoms with Gasteiger partial charge in [-0.3, -0.25) is 0 Å². The summed E-state index contributed by atoms with van der Waals surface area (Å²) in [6, 6.07) is 7.75. The van der Waals surface area contributed by atoms with E-state index in [9.17, 15) is 9.32 Å². The normalized spacial score (nSPS) is 12.0. The van der Waals surface area contributed by atoms with Crippen LogP contribution in [0.5, 0.6) is 17.2 Å². The first-order chi connectivity index (χ1) is 9.97. The van der Waals surface area contributed by atoms with Crippen LogP contribution in [0, 0.1) is 0 Å². The van der Waals surface area contributed by atoms with E-state index < -0.39 is 10.8 Å². The van der Waals surface area contributed by atoms with E-state index >= 15 is 0 Å². The molecule has 2 aromatic rings. The van der Waals surface area contributed by atoms with Gasteiger partial charge in [0.2, 0.25) is 0 Å². The summed E-state index contributed by atoms with van der Waals surface area (Å²) < 4.78 is 22.8. The second-order valence-corrected chi connectivity index (χ2v) is 5.98. The maximum Gasteiger partial charge on any atom is 0.181 e. The zero-order valence-electron chi connectivity index (χ0n) is 11.4. The van der Waals surface area contributed by atoms with Gasteiger partial charge in [-0.2, -0.15) is 0 Å². The van der Waals surface area contributed by atoms with Crippen molar-refractivity contribution in [2.45, 2.75) is 9.79 Å². The second-order valence-electron chi connectivity index (χ2n) is 4.13. The number of hydrogen-bond acceptors (Lipinski definition) is 5. The standard InChI is InChI=1S/C14H14ClNO4S/c1-19-8-3-4-10(15)13(5-8)21(18)9-6-11(16)14(17)12(7-9)20-2/h3-7,17H,16H2,1-2H3. The Labute approximate surface area is 129 Å². The van der Waals surface area contributed by atoms with Gasteiger partial charge in [-0.1, -0.05) is 11.6 Å². The van der Waals surface area contributed by atoms with Crippen LogP contribution in [0.3, 0.4) is 0 Å². The summed E-state index contributed by atoms with van der Waals surface area (Å²) in [4.78, 5) is 0.764. The Morgan fingerprint density at radius 3 is 2.52 bits per heavy atom. The minimum atomic E-state index is -1.58. The lowest BCUT2D eigenvalue weighted by Gasteiger charge is -2.11. The molecule has 0 aliphatic heterocycles. The number of nitrogen functional groups attached to an aromatic ring is 1. The Balaban J connectivity index is 2.52. The van der Waals surface area contributed by atoms with Crippen molar-refractivity contribution in [2.24, 2.45) is 0 Å². The van der Waals surface area contributed by atoms with Gasteiger partial charge in [0.25, 0.3) is 0 Å². The van der Waals surface area contributed by atoms with Crippen molar-refractivity contribution in [1.29, 1.82) is 0 Å². The number of rotatable bonds is 4. The summed E-state index contributed by atoms with van der Waals surface area (Å²) in [5, 5.41) is 10.1. The van der Waals surface area contributed by atoms with Gasteiger partial charge in [0.05, 0.1) is 40.6 Å². The minimum absolute atomic E-state index is 0.0803. The van der Waals surface area contributed by atoms with Crippen molar-refractivity contribution in [3.05, 3.63) is 35.4 Å². The average molecular weight is 328 g/mol. The average Bonchev–Trinajstić information content (AvgIpc) is 2.49. The molecule has 0 saturated carbocycles. The largest absolute Gasteiger partial charge is 0.503 e. The first kappa shape index (κ1) is 15.5. The van der Waals surface area contributed by atoms with Crippen molar-refractivity contribution < 1.29 is 18.8 Å². The highest BCUT2D eigenvalue weighted by Crippen LogP contribution is 2.37. The van der Waals surface area contributed by atoms with Gasteiger partial charge < -0.3 is 20.3 Å². The van der Waals surface area contributed by atoms with E-state index in [2.05, 4.69) is 0 Å². The quantitative estimate of drug-likeness (QED) is 0.666. The summed E-state index contributed by atoms with van der Waals surface area (Å²) in [5.41, 5.74) is 5.77. The maximum atomic E-state index is 12.6. The zero-order chi connectivity index (χ0) is 15.6. The molecule has 0 radical (unpaired) electrons. The van der Waals surface area contributed by atoms with Crippen molar-refractivity contribution in [3.8, 4) is 17.2 Å². The fourth-order valence-electron chi connectivity index (χ4n) is 1.75. The first-order valence-electron chi connectivity index (χ1n) is 5.89. The molecule has 0 amide bonds. The number of methoxy groups -OCH3 is 2. The molecule has 3 N–H and O–H groups in total. The molecule has 112 valence electrons. The lowest BCUT2D eigenvalue weighted by molar-refractivity contribution is 0.373. The summed E-state index contributed by atoms with van der Waals surface area (Å²) in [5.74, 6) is 0.508. The van der Waals surface area contributed by atoms with Crippen LogP contribution in [0.4, 0.5) is 5.69 Å². The SMILES string of the molecule is COc1ccc(Cl)c(S(=O)c2cc(N)c(O)c(OC)c2)c1. The van der Waals surface area contributed by atoms with Crippen LogP contribution in [0.15, 0.2) is 40.1 Å². The Hall–Kier alpha value is -1.92. The molecule has 0 bridgehead atoms. The molecule has 2 rings (SSSR count). The van der Waals surface area contributed by atoms with E-state index in [4.69, 9.17) is 26.8 Å². The molecular formula is C14H14ClNO4S. The third-order valence-electron chi connectivity index (χ3n) is 2.85. The van der Waals surface area contributed by atoms with Gasteiger partial charge in [0.1, 0.15) is 5.75 Å². The maximum absolute atomic E-state index is 12.6. The van der Waals surface area contributed by atoms with Crippen LogP contribution >= 0.6 is 11.6 Å². The molecule has 0 heterocycles. The van der Waals surface area contributed by atoms with Crippen LogP contribution in [-0.2, 0) is 10.8 Å². The van der Waals surface area contributed by atoms with Gasteiger partial charge in [0, 0.05) is 11.0 Å². The van der Waals surface area contributed by atoms with Gasteiger partial charge in [-0.05, 0) is 24.3 Å². The lowest BCUT2D eigenvalue weighted by atomic mass is 10.3. The smallest absolute Gasteiger partial charge is 0.181 e. The highest BCUT2D eigenvalue weighted by molar-refractivity contribution is 7.85. The lowest BCUT2D eigenvalue weighted by Crippen LogP contribution is -1.98. The van der Waals surface area contributed by atoms with E-state index in [0.717, 1.165) is 0 Å². The van der Waals surface area contributed by atoms with E-state index in [1.54, 1.807) is 18.2 Å². The topological polar surface area (TPSA) is 81.8 Å². The molecule has 0 fully saturated rings. The highest BCUT2D eigenvalue weighted by Gasteiger charge is 2.17. The Morgan fingerprint density at radius 2 is 1.90 bits per heavy atom. The molecule has 0 aliphatic carbocycles. The van der Waals surface area contributed by atoms with E-state index in [-0.39, 0.29) is 17.2 Å². The number of nitrogens with two attached hydrogens (primary N) is 1. The van der Waals surface area contributed by atoms with Gasteiger partial charge in [-0.15, -0.1) is 0 Å². The number of halogens is 1. The van der Waals surface area contributed by atoms with Crippen molar-refractivity contribution >= 4 is 28.1 Å². The third kappa shape index (κ3) is 3.06. The molecule has 7 heteroatoms. The molecule has 1 atom stereocenters. The van der Waals surface area contributed by atoms with Crippen LogP contribution < -0.4 is 15.2 Å². The molecular weight excluding hydrogens is 314 g/mol. The minimum Gasteiger partial charge on any atom is -0.503 e. The van der Waals surface area contributed by atoms with Crippen molar-refractivity contribution in [3.63, 3.8) is 0 Å². The van der Waals surface area contributed by atoms with E-state index in [0.29, 0.717) is 20.6 Å². The monoisotopic (exact) mass is 327 g/mol. The van der Waals surface area contributed by atoms with Crippen LogP contribution in [-0.4, -0.2) is 23.5 Å². The Bertz CT molecular complexity index is 706. The molecule has 0 spiro atoms. The number of anilines is 1. The van der Waals surface area contributed by atoms with Gasteiger partial charge in [-0.25, -0.2) is 4.21 Å². The third-order valence-corrected chi connectivity index (χ3v) is 4.69. The number of hydrogen-bond donors (Lipinski definition) is 2. The molecule has 0 aliphatic rings. The molecule has 5 nitrogen and oxygen atoms in total. The predicted molar refractivity (Wildman–Crippen MR) is 81.7 cm³/mol. The fraction of sp³-hybridized carbons (Fsp3) is 0.143. The van der Waals surface area contributed by atoms with Crippen molar-refractivity contribution in [2.75, 3.05) is 20.0 Å². The summed E-state index contributed by atoms with van der Waals surface area (Å²) >= 11 is 6.08. The molecule has 0 saturated heterocycles. The number of benzene rings is 2. The fourth-order valence-corrected chi connectivity index (χ4v) is 3.24. The molecule has 0 aromatic heterocycles. The summed E-state index contributed by atoms with van der Waals surface area (Å²) in [6.07, 6.45) is 0. The van der Waals surface area contributed by atoms with Crippen LogP contribution in [0.1, 0.15) is 0 Å². The second kappa shape index (κ2) is 6.24. The Kier molecular flexibility index (Phi) is 4.59. The summed E-state index contributed by atoms with van der Waals surface area (Å²) in [6.45, 7) is 0. The van der Waals surface area contributed by atoms with Gasteiger partial charge in [0.15, 0.2) is 11.5 Å². The Morgan fingerprint density at radius 1 is 1.19 bits per heavy atom. The highest BCUT2D eigenvalue weighted by atomic mass is 35.5. The van der Waals surface area contributed by atoms with E-state index in [1.165, 1.54) is 26.4 Å². The van der Waals surface area contributed by atoms with Crippen LogP contribution in [0.25, 0.3) is 0 Å². The van der Waals surface area contributed by atoms with Gasteiger partial charge >= 0.3 is 0 Å². The number of phenols is 1. The van der Waals surface area contributed by atoms with Crippen LogP contribution in [0.2, 0.25) is 5.02 Å². The summed E-state index contributed by atoms with van der Waals surface area (Å²) in [7, 11) is 1.32. The van der Waals surface area contributed by atoms with E-state index in [1.807, 2.05) is 0 Å². The first-order valence-corrected chi connectivity index (χ1v) is 7.42. The van der Waals surface area contributed by atoms with Crippen molar-refractivity contribution in [1.82, 2.24) is 0 Å². The molecule has 21 heavy (non-hydrogen) atoms.